The fourth-order valence-corrected chi connectivity index (χ4v) is 4.09. The SMILES string of the molecule is COc1cc(C(=O)N2CCOc3ccc(COCc4ccc(Cl)cc4)cc3C2)cc(OC)c1OC. The highest BCUT2D eigenvalue weighted by Crippen LogP contribution is 2.38. The molecule has 0 N–H and O–H groups in total. The van der Waals surface area contributed by atoms with Crippen LogP contribution in [0.1, 0.15) is 27.0 Å². The summed E-state index contributed by atoms with van der Waals surface area (Å²) in [4.78, 5) is 15.2. The van der Waals surface area contributed by atoms with Gasteiger partial charge in [-0.15, -0.1) is 0 Å². The molecule has 0 aliphatic carbocycles. The fraction of sp³-hybridized carbons (Fsp3) is 0.296. The van der Waals surface area contributed by atoms with E-state index in [9.17, 15) is 4.79 Å². The molecule has 3 aromatic carbocycles. The molecule has 0 aromatic heterocycles. The van der Waals surface area contributed by atoms with E-state index in [0.717, 1.165) is 22.4 Å². The van der Waals surface area contributed by atoms with Gasteiger partial charge in [-0.1, -0.05) is 29.8 Å². The van der Waals surface area contributed by atoms with Crippen molar-refractivity contribution >= 4 is 17.5 Å². The summed E-state index contributed by atoms with van der Waals surface area (Å²) in [5.74, 6) is 1.93. The van der Waals surface area contributed by atoms with E-state index < -0.39 is 0 Å². The molecule has 1 aliphatic rings. The first-order chi connectivity index (χ1) is 17.0. The molecule has 8 heteroatoms. The van der Waals surface area contributed by atoms with Gasteiger partial charge in [0.2, 0.25) is 5.75 Å². The highest BCUT2D eigenvalue weighted by molar-refractivity contribution is 6.30. The van der Waals surface area contributed by atoms with Gasteiger partial charge < -0.3 is 28.6 Å². The van der Waals surface area contributed by atoms with E-state index in [1.165, 1.54) is 21.3 Å². The Bertz CT molecular complexity index is 1160. The normalized spacial score (nSPS) is 12.9. The Morgan fingerprint density at radius 1 is 0.914 bits per heavy atom. The van der Waals surface area contributed by atoms with Crippen molar-refractivity contribution in [2.24, 2.45) is 0 Å². The molecule has 4 rings (SSSR count). The Kier molecular flexibility index (Phi) is 8.00. The lowest BCUT2D eigenvalue weighted by atomic mass is 10.1. The first-order valence-corrected chi connectivity index (χ1v) is 11.6. The zero-order valence-corrected chi connectivity index (χ0v) is 20.8. The molecule has 0 fully saturated rings. The largest absolute Gasteiger partial charge is 0.493 e. The number of hydrogen-bond acceptors (Lipinski definition) is 6. The van der Waals surface area contributed by atoms with Crippen LogP contribution >= 0.6 is 11.6 Å². The molecule has 1 amide bonds. The number of methoxy groups -OCH3 is 3. The Labute approximate surface area is 210 Å². The Morgan fingerprint density at radius 3 is 2.23 bits per heavy atom. The van der Waals surface area contributed by atoms with Crippen LogP contribution in [0.2, 0.25) is 5.02 Å². The molecule has 3 aromatic rings. The molecule has 7 nitrogen and oxygen atoms in total. The molecule has 184 valence electrons. The molecular weight excluding hydrogens is 470 g/mol. The topological polar surface area (TPSA) is 66.5 Å². The number of benzene rings is 3. The van der Waals surface area contributed by atoms with Crippen molar-refractivity contribution in [1.82, 2.24) is 4.90 Å². The maximum atomic E-state index is 13.4. The Morgan fingerprint density at radius 2 is 1.57 bits per heavy atom. The van der Waals surface area contributed by atoms with Crippen molar-refractivity contribution in [2.75, 3.05) is 34.5 Å². The molecule has 0 radical (unpaired) electrons. The van der Waals surface area contributed by atoms with Gasteiger partial charge in [-0.05, 0) is 47.5 Å². The average molecular weight is 498 g/mol. The lowest BCUT2D eigenvalue weighted by Gasteiger charge is -2.21. The average Bonchev–Trinajstić information content (AvgIpc) is 3.10. The smallest absolute Gasteiger partial charge is 0.254 e. The number of carbonyl (C=O) groups excluding carboxylic acids is 1. The third kappa shape index (κ3) is 5.81. The summed E-state index contributed by atoms with van der Waals surface area (Å²) in [6.45, 7) is 2.19. The van der Waals surface area contributed by atoms with Gasteiger partial charge in [0, 0.05) is 22.7 Å². The number of halogens is 1. The third-order valence-corrected chi connectivity index (χ3v) is 6.01. The van der Waals surface area contributed by atoms with E-state index in [0.29, 0.717) is 60.7 Å². The van der Waals surface area contributed by atoms with Gasteiger partial charge in [-0.25, -0.2) is 0 Å². The van der Waals surface area contributed by atoms with Crippen LogP contribution in [0.3, 0.4) is 0 Å². The maximum Gasteiger partial charge on any atom is 0.254 e. The summed E-state index contributed by atoms with van der Waals surface area (Å²) in [5.41, 5.74) is 3.43. The molecule has 1 heterocycles. The second kappa shape index (κ2) is 11.3. The van der Waals surface area contributed by atoms with E-state index in [1.54, 1.807) is 17.0 Å². The van der Waals surface area contributed by atoms with Crippen LogP contribution in [0.5, 0.6) is 23.0 Å². The van der Waals surface area contributed by atoms with Gasteiger partial charge in [0.25, 0.3) is 5.91 Å². The summed E-state index contributed by atoms with van der Waals surface area (Å²) in [6.07, 6.45) is 0. The summed E-state index contributed by atoms with van der Waals surface area (Å²) in [6, 6.07) is 16.9. The van der Waals surface area contributed by atoms with Crippen molar-refractivity contribution in [3.05, 3.63) is 81.9 Å². The predicted molar refractivity (Wildman–Crippen MR) is 133 cm³/mol. The number of rotatable bonds is 8. The Balaban J connectivity index is 1.48. The molecule has 0 saturated heterocycles. The van der Waals surface area contributed by atoms with Crippen LogP contribution < -0.4 is 18.9 Å². The number of fused-ring (bicyclic) bond motifs is 1. The first kappa shape index (κ1) is 24.7. The van der Waals surface area contributed by atoms with Gasteiger partial charge in [-0.2, -0.15) is 0 Å². The van der Waals surface area contributed by atoms with Gasteiger partial charge in [0.15, 0.2) is 11.5 Å². The molecule has 0 spiro atoms. The molecule has 0 atom stereocenters. The van der Waals surface area contributed by atoms with E-state index in [2.05, 4.69) is 0 Å². The summed E-state index contributed by atoms with van der Waals surface area (Å²) in [5, 5.41) is 0.699. The minimum absolute atomic E-state index is 0.148. The number of carbonyl (C=O) groups is 1. The maximum absolute atomic E-state index is 13.4. The minimum atomic E-state index is -0.148. The van der Waals surface area contributed by atoms with Crippen molar-refractivity contribution in [1.29, 1.82) is 0 Å². The number of amides is 1. The zero-order chi connectivity index (χ0) is 24.8. The van der Waals surface area contributed by atoms with E-state index >= 15 is 0 Å². The number of nitrogens with zero attached hydrogens (tertiary/aromatic N) is 1. The molecule has 0 unspecified atom stereocenters. The van der Waals surface area contributed by atoms with Crippen molar-refractivity contribution < 1.29 is 28.5 Å². The highest BCUT2D eigenvalue weighted by atomic mass is 35.5. The molecule has 0 bridgehead atoms. The fourth-order valence-electron chi connectivity index (χ4n) is 3.97. The number of ether oxygens (including phenoxy) is 5. The lowest BCUT2D eigenvalue weighted by molar-refractivity contribution is 0.0732. The lowest BCUT2D eigenvalue weighted by Crippen LogP contribution is -2.32. The van der Waals surface area contributed by atoms with Crippen LogP contribution in [0.4, 0.5) is 0 Å². The predicted octanol–water partition coefficient (Wildman–Crippen LogP) is 5.12. The standard InChI is InChI=1S/C27H28ClNO6/c1-31-24-13-20(14-25(32-2)26(24)33-3)27(30)29-10-11-35-23-9-6-19(12-21(23)15-29)17-34-16-18-4-7-22(28)8-5-18/h4-9,12-14H,10-11,15-17H2,1-3H3. The van der Waals surface area contributed by atoms with Gasteiger partial charge in [0.05, 0.1) is 41.1 Å². The van der Waals surface area contributed by atoms with Gasteiger partial charge >= 0.3 is 0 Å². The van der Waals surface area contributed by atoms with Gasteiger partial charge in [-0.3, -0.25) is 4.79 Å². The molecule has 1 aliphatic heterocycles. The van der Waals surface area contributed by atoms with Crippen LogP contribution in [0.15, 0.2) is 54.6 Å². The van der Waals surface area contributed by atoms with Crippen LogP contribution in [-0.2, 0) is 24.5 Å². The Hall–Kier alpha value is -3.42. The molecular formula is C27H28ClNO6. The highest BCUT2D eigenvalue weighted by Gasteiger charge is 2.24. The molecule has 35 heavy (non-hydrogen) atoms. The van der Waals surface area contributed by atoms with Crippen molar-refractivity contribution in [3.8, 4) is 23.0 Å². The van der Waals surface area contributed by atoms with Crippen LogP contribution in [-0.4, -0.2) is 45.3 Å². The minimum Gasteiger partial charge on any atom is -0.493 e. The van der Waals surface area contributed by atoms with E-state index in [1.807, 2.05) is 42.5 Å². The third-order valence-electron chi connectivity index (χ3n) is 5.75. The summed E-state index contributed by atoms with van der Waals surface area (Å²) in [7, 11) is 4.58. The molecule has 0 saturated carbocycles. The quantitative estimate of drug-likeness (QED) is 0.430. The monoisotopic (exact) mass is 497 g/mol. The van der Waals surface area contributed by atoms with Crippen molar-refractivity contribution in [3.63, 3.8) is 0 Å². The van der Waals surface area contributed by atoms with E-state index in [-0.39, 0.29) is 5.91 Å². The number of hydrogen-bond donors (Lipinski definition) is 0. The second-order valence-corrected chi connectivity index (χ2v) is 8.49. The van der Waals surface area contributed by atoms with Crippen molar-refractivity contribution in [2.45, 2.75) is 19.8 Å². The first-order valence-electron chi connectivity index (χ1n) is 11.2. The van der Waals surface area contributed by atoms with Crippen LogP contribution in [0, 0.1) is 0 Å². The van der Waals surface area contributed by atoms with E-state index in [4.69, 9.17) is 35.3 Å². The summed E-state index contributed by atoms with van der Waals surface area (Å²) < 4.78 is 28.0. The van der Waals surface area contributed by atoms with Crippen LogP contribution in [0.25, 0.3) is 0 Å². The second-order valence-electron chi connectivity index (χ2n) is 8.05. The summed E-state index contributed by atoms with van der Waals surface area (Å²) >= 11 is 5.94. The van der Waals surface area contributed by atoms with Gasteiger partial charge in [0.1, 0.15) is 12.4 Å². The zero-order valence-electron chi connectivity index (χ0n) is 20.0.